The second kappa shape index (κ2) is 6.60. The summed E-state index contributed by atoms with van der Waals surface area (Å²) in [6.07, 6.45) is 2.01. The van der Waals surface area contributed by atoms with Crippen molar-refractivity contribution >= 4 is 29.1 Å². The molecule has 0 bridgehead atoms. The van der Waals surface area contributed by atoms with Gasteiger partial charge in [-0.05, 0) is 44.0 Å². The molecule has 19 heavy (non-hydrogen) atoms. The van der Waals surface area contributed by atoms with Gasteiger partial charge in [-0.2, -0.15) is 0 Å². The van der Waals surface area contributed by atoms with Crippen LogP contribution < -0.4 is 10.6 Å². The summed E-state index contributed by atoms with van der Waals surface area (Å²) in [5, 5.41) is 7.32. The highest BCUT2D eigenvalue weighted by molar-refractivity contribution is 6.42. The van der Waals surface area contributed by atoms with Gasteiger partial charge in [0.15, 0.2) is 0 Å². The first-order chi connectivity index (χ1) is 9.08. The summed E-state index contributed by atoms with van der Waals surface area (Å²) in [4.78, 5) is 12.1. The second-order valence-electron chi connectivity index (χ2n) is 4.95. The highest BCUT2D eigenvalue weighted by Crippen LogP contribution is 2.25. The van der Waals surface area contributed by atoms with Crippen LogP contribution in [0, 0.1) is 5.92 Å². The third kappa shape index (κ3) is 3.85. The Labute approximate surface area is 123 Å². The van der Waals surface area contributed by atoms with E-state index in [0.717, 1.165) is 31.5 Å². The fraction of sp³-hybridized carbons (Fsp3) is 0.500. The molecule has 2 unspecified atom stereocenters. The fourth-order valence-electron chi connectivity index (χ4n) is 2.27. The predicted molar refractivity (Wildman–Crippen MR) is 78.6 cm³/mol. The molecule has 0 saturated carbocycles. The average molecular weight is 301 g/mol. The van der Waals surface area contributed by atoms with Crippen molar-refractivity contribution in [1.29, 1.82) is 0 Å². The minimum atomic E-state index is -0.0656. The Morgan fingerprint density at radius 1 is 1.42 bits per heavy atom. The molecule has 0 radical (unpaired) electrons. The minimum Gasteiger partial charge on any atom is -0.349 e. The highest BCUT2D eigenvalue weighted by atomic mass is 35.5. The minimum absolute atomic E-state index is 0.0656. The molecular formula is C14H18Cl2N2O. The molecular weight excluding hydrogens is 283 g/mol. The molecule has 0 aromatic heterocycles. The molecule has 1 aromatic rings. The van der Waals surface area contributed by atoms with Crippen LogP contribution in [0.1, 0.15) is 31.4 Å². The molecule has 1 aliphatic rings. The van der Waals surface area contributed by atoms with Gasteiger partial charge in [0.1, 0.15) is 0 Å². The Balaban J connectivity index is 1.97. The van der Waals surface area contributed by atoms with E-state index in [1.807, 2.05) is 13.0 Å². The Morgan fingerprint density at radius 2 is 2.21 bits per heavy atom. The lowest BCUT2D eigenvalue weighted by Gasteiger charge is -2.24. The summed E-state index contributed by atoms with van der Waals surface area (Å²) in [7, 11) is 0. The molecule has 1 aromatic carbocycles. The van der Waals surface area contributed by atoms with E-state index >= 15 is 0 Å². The summed E-state index contributed by atoms with van der Waals surface area (Å²) in [5.74, 6) is 0.171. The average Bonchev–Trinajstić information content (AvgIpc) is 2.42. The molecule has 1 aliphatic heterocycles. The molecule has 2 rings (SSSR count). The SMILES string of the molecule is CC(NC(=O)C1CCCNC1)c1ccc(Cl)c(Cl)c1. The van der Waals surface area contributed by atoms with Crippen LogP contribution in [0.3, 0.4) is 0 Å². The molecule has 104 valence electrons. The van der Waals surface area contributed by atoms with E-state index in [1.165, 1.54) is 0 Å². The molecule has 5 heteroatoms. The van der Waals surface area contributed by atoms with Gasteiger partial charge in [-0.25, -0.2) is 0 Å². The van der Waals surface area contributed by atoms with Crippen molar-refractivity contribution in [1.82, 2.24) is 10.6 Å². The molecule has 0 spiro atoms. The van der Waals surface area contributed by atoms with Gasteiger partial charge in [-0.3, -0.25) is 4.79 Å². The van der Waals surface area contributed by atoms with Gasteiger partial charge in [0.05, 0.1) is 22.0 Å². The monoisotopic (exact) mass is 300 g/mol. The number of rotatable bonds is 3. The molecule has 1 heterocycles. The van der Waals surface area contributed by atoms with E-state index in [9.17, 15) is 4.79 Å². The van der Waals surface area contributed by atoms with Gasteiger partial charge >= 0.3 is 0 Å². The van der Waals surface area contributed by atoms with Crippen molar-refractivity contribution in [2.75, 3.05) is 13.1 Å². The lowest BCUT2D eigenvalue weighted by atomic mass is 9.98. The predicted octanol–water partition coefficient (Wildman–Crippen LogP) is 3.17. The first-order valence-electron chi connectivity index (χ1n) is 6.54. The number of piperidine rings is 1. The molecule has 1 fully saturated rings. The molecule has 0 aliphatic carbocycles. The maximum Gasteiger partial charge on any atom is 0.224 e. The molecule has 2 atom stereocenters. The summed E-state index contributed by atoms with van der Waals surface area (Å²) in [6, 6.07) is 5.38. The van der Waals surface area contributed by atoms with Crippen LogP contribution in [0.15, 0.2) is 18.2 Å². The maximum absolute atomic E-state index is 12.1. The van der Waals surface area contributed by atoms with Crippen LogP contribution in [0.25, 0.3) is 0 Å². The lowest BCUT2D eigenvalue weighted by Crippen LogP contribution is -2.41. The zero-order valence-corrected chi connectivity index (χ0v) is 12.4. The number of hydrogen-bond acceptors (Lipinski definition) is 2. The van der Waals surface area contributed by atoms with Crippen LogP contribution in [0.4, 0.5) is 0 Å². The highest BCUT2D eigenvalue weighted by Gasteiger charge is 2.22. The van der Waals surface area contributed by atoms with E-state index in [0.29, 0.717) is 10.0 Å². The van der Waals surface area contributed by atoms with Crippen molar-refractivity contribution in [3.8, 4) is 0 Å². The molecule has 1 saturated heterocycles. The van der Waals surface area contributed by atoms with E-state index in [4.69, 9.17) is 23.2 Å². The number of nitrogens with one attached hydrogen (secondary N) is 2. The topological polar surface area (TPSA) is 41.1 Å². The summed E-state index contributed by atoms with van der Waals surface area (Å²) < 4.78 is 0. The Hall–Kier alpha value is -0.770. The second-order valence-corrected chi connectivity index (χ2v) is 5.76. The van der Waals surface area contributed by atoms with Crippen LogP contribution in [0.5, 0.6) is 0 Å². The zero-order chi connectivity index (χ0) is 13.8. The third-order valence-electron chi connectivity index (χ3n) is 3.47. The van der Waals surface area contributed by atoms with Gasteiger partial charge in [-0.15, -0.1) is 0 Å². The standard InChI is InChI=1S/C14H18Cl2N2O/c1-9(10-4-5-12(15)13(16)7-10)18-14(19)11-3-2-6-17-8-11/h4-5,7,9,11,17H,2-3,6,8H2,1H3,(H,18,19). The van der Waals surface area contributed by atoms with Crippen LogP contribution >= 0.6 is 23.2 Å². The Kier molecular flexibility index (Phi) is 5.08. The number of hydrogen-bond donors (Lipinski definition) is 2. The number of carbonyl (C=O) groups excluding carboxylic acids is 1. The van der Waals surface area contributed by atoms with E-state index in [1.54, 1.807) is 12.1 Å². The van der Waals surface area contributed by atoms with E-state index in [2.05, 4.69) is 10.6 Å². The maximum atomic E-state index is 12.1. The van der Waals surface area contributed by atoms with Gasteiger partial charge in [0.25, 0.3) is 0 Å². The van der Waals surface area contributed by atoms with Gasteiger partial charge in [0.2, 0.25) is 5.91 Å². The third-order valence-corrected chi connectivity index (χ3v) is 4.21. The first-order valence-corrected chi connectivity index (χ1v) is 7.29. The first kappa shape index (κ1) is 14.6. The van der Waals surface area contributed by atoms with Crippen molar-refractivity contribution in [3.05, 3.63) is 33.8 Å². The Bertz CT molecular complexity index is 459. The van der Waals surface area contributed by atoms with Crippen molar-refractivity contribution in [2.24, 2.45) is 5.92 Å². The quantitative estimate of drug-likeness (QED) is 0.900. The normalized spacial score (nSPS) is 20.9. The summed E-state index contributed by atoms with van der Waals surface area (Å²) in [5.41, 5.74) is 0.964. The summed E-state index contributed by atoms with van der Waals surface area (Å²) >= 11 is 11.9. The molecule has 3 nitrogen and oxygen atoms in total. The molecule has 1 amide bonds. The van der Waals surface area contributed by atoms with E-state index in [-0.39, 0.29) is 17.9 Å². The van der Waals surface area contributed by atoms with Crippen LogP contribution in [-0.2, 0) is 4.79 Å². The van der Waals surface area contributed by atoms with Gasteiger partial charge in [0, 0.05) is 6.54 Å². The lowest BCUT2D eigenvalue weighted by molar-refractivity contribution is -0.126. The number of amides is 1. The fourth-order valence-corrected chi connectivity index (χ4v) is 2.58. The molecule has 2 N–H and O–H groups in total. The largest absolute Gasteiger partial charge is 0.349 e. The summed E-state index contributed by atoms with van der Waals surface area (Å²) in [6.45, 7) is 3.72. The van der Waals surface area contributed by atoms with Gasteiger partial charge < -0.3 is 10.6 Å². The van der Waals surface area contributed by atoms with Crippen molar-refractivity contribution < 1.29 is 4.79 Å². The van der Waals surface area contributed by atoms with Crippen molar-refractivity contribution in [3.63, 3.8) is 0 Å². The van der Waals surface area contributed by atoms with E-state index < -0.39 is 0 Å². The Morgan fingerprint density at radius 3 is 2.84 bits per heavy atom. The van der Waals surface area contributed by atoms with Crippen LogP contribution in [0.2, 0.25) is 10.0 Å². The van der Waals surface area contributed by atoms with Gasteiger partial charge in [-0.1, -0.05) is 29.3 Å². The van der Waals surface area contributed by atoms with Crippen molar-refractivity contribution in [2.45, 2.75) is 25.8 Å². The number of halogens is 2. The number of benzene rings is 1. The number of carbonyl (C=O) groups is 1. The van der Waals surface area contributed by atoms with Crippen LogP contribution in [-0.4, -0.2) is 19.0 Å². The zero-order valence-electron chi connectivity index (χ0n) is 10.9. The smallest absolute Gasteiger partial charge is 0.224 e.